The highest BCUT2D eigenvalue weighted by Gasteiger charge is 2.14. The largest absolute Gasteiger partial charge is 0.395 e. The van der Waals surface area contributed by atoms with Crippen molar-refractivity contribution in [3.63, 3.8) is 0 Å². The predicted molar refractivity (Wildman–Crippen MR) is 56.8 cm³/mol. The SMILES string of the molecule is Nc1nc(Cl)c2nc(Cl)n(CCO)c2n1. The number of anilines is 1. The highest BCUT2D eigenvalue weighted by molar-refractivity contribution is 6.34. The first-order valence-electron chi connectivity index (χ1n) is 4.09. The van der Waals surface area contributed by atoms with E-state index in [1.54, 1.807) is 0 Å². The van der Waals surface area contributed by atoms with Crippen LogP contribution in [0.15, 0.2) is 0 Å². The van der Waals surface area contributed by atoms with Crippen LogP contribution in [0, 0.1) is 0 Å². The smallest absolute Gasteiger partial charge is 0.223 e. The van der Waals surface area contributed by atoms with E-state index in [0.29, 0.717) is 11.2 Å². The Kier molecular flexibility index (Phi) is 2.64. The number of aromatic nitrogens is 4. The van der Waals surface area contributed by atoms with Gasteiger partial charge in [0, 0.05) is 0 Å². The van der Waals surface area contributed by atoms with Crippen LogP contribution >= 0.6 is 23.2 Å². The molecule has 2 rings (SSSR count). The molecule has 0 aliphatic rings. The van der Waals surface area contributed by atoms with Crippen molar-refractivity contribution in [3.8, 4) is 0 Å². The van der Waals surface area contributed by atoms with Gasteiger partial charge in [0.1, 0.15) is 5.52 Å². The van der Waals surface area contributed by atoms with Crippen molar-refractivity contribution in [1.29, 1.82) is 0 Å². The fraction of sp³-hybridized carbons (Fsp3) is 0.286. The number of nitrogens with two attached hydrogens (primary N) is 1. The Bertz CT molecular complexity index is 512. The molecule has 0 spiro atoms. The number of aliphatic hydroxyl groups excluding tert-OH is 1. The van der Waals surface area contributed by atoms with Gasteiger partial charge in [-0.2, -0.15) is 9.97 Å². The molecular formula is C7H7Cl2N5O. The van der Waals surface area contributed by atoms with Crippen LogP contribution in [-0.2, 0) is 6.54 Å². The van der Waals surface area contributed by atoms with Gasteiger partial charge in [-0.05, 0) is 11.6 Å². The van der Waals surface area contributed by atoms with Crippen LogP contribution in [-0.4, -0.2) is 31.2 Å². The molecule has 15 heavy (non-hydrogen) atoms. The number of nitrogen functional groups attached to an aromatic ring is 1. The van der Waals surface area contributed by atoms with Gasteiger partial charge in [0.25, 0.3) is 0 Å². The third-order valence-corrected chi connectivity index (χ3v) is 2.40. The van der Waals surface area contributed by atoms with E-state index in [0.717, 1.165) is 0 Å². The third-order valence-electron chi connectivity index (χ3n) is 1.85. The van der Waals surface area contributed by atoms with Gasteiger partial charge in [0.15, 0.2) is 10.8 Å². The Morgan fingerprint density at radius 1 is 1.27 bits per heavy atom. The van der Waals surface area contributed by atoms with Crippen LogP contribution in [0.2, 0.25) is 10.4 Å². The first-order valence-corrected chi connectivity index (χ1v) is 4.84. The number of fused-ring (bicyclic) bond motifs is 1. The Morgan fingerprint density at radius 2 is 2.00 bits per heavy atom. The van der Waals surface area contributed by atoms with Gasteiger partial charge in [-0.25, -0.2) is 4.98 Å². The standard InChI is InChI=1S/C7H7Cl2N5O/c8-4-3-5(13-7(10)12-4)14(1-2-15)6(9)11-3/h15H,1-2H2,(H2,10,12,13). The summed E-state index contributed by atoms with van der Waals surface area (Å²) in [4.78, 5) is 11.7. The lowest BCUT2D eigenvalue weighted by molar-refractivity contribution is 0.277. The van der Waals surface area contributed by atoms with Crippen molar-refractivity contribution in [2.24, 2.45) is 0 Å². The number of aliphatic hydroxyl groups is 1. The van der Waals surface area contributed by atoms with E-state index in [4.69, 9.17) is 34.0 Å². The minimum atomic E-state index is -0.0767. The highest BCUT2D eigenvalue weighted by atomic mass is 35.5. The van der Waals surface area contributed by atoms with Gasteiger partial charge >= 0.3 is 0 Å². The molecule has 0 radical (unpaired) electrons. The average molecular weight is 248 g/mol. The van der Waals surface area contributed by atoms with E-state index in [1.165, 1.54) is 4.57 Å². The molecule has 0 aromatic carbocycles. The van der Waals surface area contributed by atoms with Crippen LogP contribution < -0.4 is 5.73 Å². The van der Waals surface area contributed by atoms with Gasteiger partial charge in [-0.15, -0.1) is 0 Å². The lowest BCUT2D eigenvalue weighted by Crippen LogP contribution is -2.04. The molecule has 80 valence electrons. The fourth-order valence-electron chi connectivity index (χ4n) is 1.25. The lowest BCUT2D eigenvalue weighted by atomic mass is 10.5. The minimum Gasteiger partial charge on any atom is -0.395 e. The van der Waals surface area contributed by atoms with Gasteiger partial charge in [0.05, 0.1) is 13.2 Å². The maximum Gasteiger partial charge on any atom is 0.223 e. The summed E-state index contributed by atoms with van der Waals surface area (Å²) < 4.78 is 1.51. The molecule has 2 heterocycles. The second-order valence-corrected chi connectivity index (χ2v) is 3.50. The summed E-state index contributed by atoms with van der Waals surface area (Å²) in [5.41, 5.74) is 6.25. The Hall–Kier alpha value is -1.11. The maximum atomic E-state index is 8.85. The molecule has 2 aromatic rings. The third kappa shape index (κ3) is 1.71. The summed E-state index contributed by atoms with van der Waals surface area (Å²) in [6.07, 6.45) is 0. The molecule has 0 fully saturated rings. The van der Waals surface area contributed by atoms with Gasteiger partial charge in [-0.1, -0.05) is 11.6 Å². The van der Waals surface area contributed by atoms with E-state index in [9.17, 15) is 0 Å². The number of nitrogens with zero attached hydrogens (tertiary/aromatic N) is 4. The van der Waals surface area contributed by atoms with E-state index < -0.39 is 0 Å². The second kappa shape index (κ2) is 3.80. The van der Waals surface area contributed by atoms with Crippen LogP contribution in [0.25, 0.3) is 11.2 Å². The maximum absolute atomic E-state index is 8.85. The quantitative estimate of drug-likeness (QED) is 0.603. The van der Waals surface area contributed by atoms with Crippen molar-refractivity contribution >= 4 is 40.3 Å². The van der Waals surface area contributed by atoms with Crippen molar-refractivity contribution in [3.05, 3.63) is 10.4 Å². The van der Waals surface area contributed by atoms with Gasteiger partial charge in [-0.3, -0.25) is 4.57 Å². The van der Waals surface area contributed by atoms with Gasteiger partial charge < -0.3 is 10.8 Å². The lowest BCUT2D eigenvalue weighted by Gasteiger charge is -2.01. The molecule has 0 atom stereocenters. The molecule has 0 aliphatic carbocycles. The van der Waals surface area contributed by atoms with E-state index in [-0.39, 0.29) is 29.5 Å². The number of hydrogen-bond acceptors (Lipinski definition) is 5. The van der Waals surface area contributed by atoms with Crippen molar-refractivity contribution in [2.45, 2.75) is 6.54 Å². The minimum absolute atomic E-state index is 0.0447. The number of rotatable bonds is 2. The fourth-order valence-corrected chi connectivity index (χ4v) is 1.72. The predicted octanol–water partition coefficient (Wildman–Crippen LogP) is 0.708. The molecule has 0 saturated heterocycles. The monoisotopic (exact) mass is 247 g/mol. The van der Waals surface area contributed by atoms with E-state index >= 15 is 0 Å². The van der Waals surface area contributed by atoms with E-state index in [2.05, 4.69) is 15.0 Å². The van der Waals surface area contributed by atoms with Crippen molar-refractivity contribution < 1.29 is 5.11 Å². The molecule has 3 N–H and O–H groups in total. The molecule has 2 aromatic heterocycles. The van der Waals surface area contributed by atoms with Crippen molar-refractivity contribution in [2.75, 3.05) is 12.3 Å². The van der Waals surface area contributed by atoms with Crippen LogP contribution in [0.5, 0.6) is 0 Å². The van der Waals surface area contributed by atoms with Crippen LogP contribution in [0.3, 0.4) is 0 Å². The summed E-state index contributed by atoms with van der Waals surface area (Å²) in [5, 5.41) is 9.19. The van der Waals surface area contributed by atoms with E-state index in [1.807, 2.05) is 0 Å². The zero-order valence-electron chi connectivity index (χ0n) is 7.48. The van der Waals surface area contributed by atoms with Crippen molar-refractivity contribution in [1.82, 2.24) is 19.5 Å². The summed E-state index contributed by atoms with van der Waals surface area (Å²) in [6, 6.07) is 0. The second-order valence-electron chi connectivity index (χ2n) is 2.80. The zero-order valence-corrected chi connectivity index (χ0v) is 9.00. The number of imidazole rings is 1. The Labute approximate surface area is 94.7 Å². The molecular weight excluding hydrogens is 241 g/mol. The molecule has 0 saturated carbocycles. The molecule has 0 bridgehead atoms. The summed E-state index contributed by atoms with van der Waals surface area (Å²) >= 11 is 11.7. The highest BCUT2D eigenvalue weighted by Crippen LogP contribution is 2.23. The van der Waals surface area contributed by atoms with Gasteiger partial charge in [0.2, 0.25) is 11.2 Å². The number of hydrogen-bond donors (Lipinski definition) is 2. The molecule has 6 nitrogen and oxygen atoms in total. The normalized spacial score (nSPS) is 11.1. The Balaban J connectivity index is 2.74. The topological polar surface area (TPSA) is 89.8 Å². The van der Waals surface area contributed by atoms with Crippen LogP contribution in [0.1, 0.15) is 0 Å². The summed E-state index contributed by atoms with van der Waals surface area (Å²) in [6.45, 7) is 0.203. The molecule has 8 heteroatoms. The molecule has 0 unspecified atom stereocenters. The molecule has 0 aliphatic heterocycles. The number of halogens is 2. The molecule has 0 amide bonds. The van der Waals surface area contributed by atoms with Crippen LogP contribution in [0.4, 0.5) is 5.95 Å². The Morgan fingerprint density at radius 3 is 2.67 bits per heavy atom. The average Bonchev–Trinajstić information content (AvgIpc) is 2.46. The first-order chi connectivity index (χ1) is 7.13. The summed E-state index contributed by atoms with van der Waals surface area (Å²) in [5.74, 6) is 0.0447. The zero-order chi connectivity index (χ0) is 11.0. The summed E-state index contributed by atoms with van der Waals surface area (Å²) in [7, 11) is 0. The first kappa shape index (κ1) is 10.4.